The van der Waals surface area contributed by atoms with Crippen LogP contribution >= 0.6 is 0 Å². The second kappa shape index (κ2) is 21.8. The Morgan fingerprint density at radius 1 is 0.500 bits per heavy atom. The molecule has 0 radical (unpaired) electrons. The maximum absolute atomic E-state index is 9.45. The van der Waals surface area contributed by atoms with E-state index in [9.17, 15) is 5.11 Å². The second-order valence-corrected chi connectivity index (χ2v) is 10.3. The van der Waals surface area contributed by atoms with Gasteiger partial charge in [0.1, 0.15) is 5.75 Å². The van der Waals surface area contributed by atoms with Crippen molar-refractivity contribution in [3.8, 4) is 5.75 Å². The van der Waals surface area contributed by atoms with Crippen molar-refractivity contribution in [2.75, 3.05) is 0 Å². The summed E-state index contributed by atoms with van der Waals surface area (Å²) in [6.07, 6.45) is 31.1. The van der Waals surface area contributed by atoms with Gasteiger partial charge in [0.05, 0.1) is 0 Å². The van der Waals surface area contributed by atoms with Crippen LogP contribution in [0, 0.1) is 5.92 Å². The van der Waals surface area contributed by atoms with Gasteiger partial charge in [-0.2, -0.15) is 0 Å². The van der Waals surface area contributed by atoms with E-state index in [-0.39, 0.29) is 0 Å². The normalized spacial score (nSPS) is 11.5. The molecule has 1 N–H and O–H groups in total. The van der Waals surface area contributed by atoms with Crippen molar-refractivity contribution in [3.05, 3.63) is 29.8 Å². The molecule has 0 spiro atoms. The number of hydrogen-bond acceptors (Lipinski definition) is 1. The first-order chi connectivity index (χ1) is 15.8. The summed E-state index contributed by atoms with van der Waals surface area (Å²) in [4.78, 5) is 0. The predicted octanol–water partition coefficient (Wildman–Crippen LogP) is 10.8. The maximum Gasteiger partial charge on any atom is 0.115 e. The zero-order valence-corrected chi connectivity index (χ0v) is 21.9. The third kappa shape index (κ3) is 17.6. The largest absolute Gasteiger partial charge is 0.508 e. The van der Waals surface area contributed by atoms with E-state index in [0.29, 0.717) is 5.75 Å². The minimum atomic E-state index is 0.379. The first-order valence-electron chi connectivity index (χ1n) is 14.5. The zero-order valence-electron chi connectivity index (χ0n) is 21.9. The summed E-state index contributed by atoms with van der Waals surface area (Å²) in [5, 5.41) is 9.45. The molecular weight excluding hydrogens is 388 g/mol. The highest BCUT2D eigenvalue weighted by Crippen LogP contribution is 2.25. The molecule has 0 saturated carbocycles. The van der Waals surface area contributed by atoms with E-state index in [0.717, 1.165) is 12.3 Å². The zero-order chi connectivity index (χ0) is 23.1. The van der Waals surface area contributed by atoms with Crippen LogP contribution in [0.25, 0.3) is 0 Å². The Morgan fingerprint density at radius 2 is 0.875 bits per heavy atom. The Balaban J connectivity index is 2.19. The van der Waals surface area contributed by atoms with Crippen molar-refractivity contribution in [1.82, 2.24) is 0 Å². The van der Waals surface area contributed by atoms with Gasteiger partial charge in [-0.15, -0.1) is 0 Å². The first kappa shape index (κ1) is 29.1. The first-order valence-corrected chi connectivity index (χ1v) is 14.5. The molecule has 32 heavy (non-hydrogen) atoms. The van der Waals surface area contributed by atoms with Gasteiger partial charge in [0.2, 0.25) is 0 Å². The van der Waals surface area contributed by atoms with Crippen LogP contribution in [0.1, 0.15) is 154 Å². The van der Waals surface area contributed by atoms with Gasteiger partial charge >= 0.3 is 0 Å². The number of phenols is 1. The van der Waals surface area contributed by atoms with Crippen molar-refractivity contribution >= 4 is 0 Å². The standard InChI is InChI=1S/C31H56O/c1-3-5-7-9-11-13-15-17-21-29(22-18-16-14-12-10-8-6-4-2)23-19-20-24-30-25-27-31(32)28-26-30/h25-29,32H,3-24H2,1-2H3. The molecule has 1 rings (SSSR count). The lowest BCUT2D eigenvalue weighted by Crippen LogP contribution is -2.02. The monoisotopic (exact) mass is 444 g/mol. The highest BCUT2D eigenvalue weighted by atomic mass is 16.3. The predicted molar refractivity (Wildman–Crippen MR) is 144 cm³/mol. The van der Waals surface area contributed by atoms with Crippen LogP contribution in [0.5, 0.6) is 5.75 Å². The van der Waals surface area contributed by atoms with Crippen LogP contribution in [0.2, 0.25) is 0 Å². The van der Waals surface area contributed by atoms with Gasteiger partial charge in [0.25, 0.3) is 0 Å². The molecule has 0 amide bonds. The molecule has 0 fully saturated rings. The summed E-state index contributed by atoms with van der Waals surface area (Å²) < 4.78 is 0. The molecule has 1 aromatic carbocycles. The lowest BCUT2D eigenvalue weighted by molar-refractivity contribution is 0.368. The van der Waals surface area contributed by atoms with Crippen LogP contribution in [0.4, 0.5) is 0 Å². The summed E-state index contributed by atoms with van der Waals surface area (Å²) >= 11 is 0. The van der Waals surface area contributed by atoms with Gasteiger partial charge in [0, 0.05) is 0 Å². The number of unbranched alkanes of at least 4 members (excludes halogenated alkanes) is 15. The third-order valence-electron chi connectivity index (χ3n) is 7.20. The summed E-state index contributed by atoms with van der Waals surface area (Å²) in [5.74, 6) is 1.33. The Kier molecular flexibility index (Phi) is 19.8. The lowest BCUT2D eigenvalue weighted by atomic mass is 9.89. The number of rotatable bonds is 23. The Bertz CT molecular complexity index is 472. The minimum Gasteiger partial charge on any atom is -0.508 e. The lowest BCUT2D eigenvalue weighted by Gasteiger charge is -2.17. The van der Waals surface area contributed by atoms with Gasteiger partial charge in [-0.25, -0.2) is 0 Å². The Labute approximate surface area is 201 Å². The molecule has 1 aromatic rings. The number of phenolic OH excluding ortho intramolecular Hbond substituents is 1. The molecule has 0 bridgehead atoms. The van der Waals surface area contributed by atoms with E-state index < -0.39 is 0 Å². The molecule has 186 valence electrons. The smallest absolute Gasteiger partial charge is 0.115 e. The number of aryl methyl sites for hydroxylation is 1. The van der Waals surface area contributed by atoms with Gasteiger partial charge in [0.15, 0.2) is 0 Å². The summed E-state index contributed by atoms with van der Waals surface area (Å²) in [6.45, 7) is 4.61. The highest BCUT2D eigenvalue weighted by molar-refractivity contribution is 5.25. The van der Waals surface area contributed by atoms with Crippen molar-refractivity contribution in [2.45, 2.75) is 155 Å². The summed E-state index contributed by atoms with van der Waals surface area (Å²) in [5.41, 5.74) is 1.37. The van der Waals surface area contributed by atoms with E-state index in [1.807, 2.05) is 12.1 Å². The number of hydrogen-bond donors (Lipinski definition) is 1. The summed E-state index contributed by atoms with van der Waals surface area (Å²) in [7, 11) is 0. The van der Waals surface area contributed by atoms with Gasteiger partial charge in [-0.3, -0.25) is 0 Å². The molecule has 0 saturated heterocycles. The average Bonchev–Trinajstić information content (AvgIpc) is 2.80. The number of benzene rings is 1. The van der Waals surface area contributed by atoms with Crippen molar-refractivity contribution in [2.24, 2.45) is 5.92 Å². The van der Waals surface area contributed by atoms with Crippen LogP contribution in [-0.2, 0) is 6.42 Å². The van der Waals surface area contributed by atoms with Crippen molar-refractivity contribution in [1.29, 1.82) is 0 Å². The van der Waals surface area contributed by atoms with Crippen molar-refractivity contribution in [3.63, 3.8) is 0 Å². The topological polar surface area (TPSA) is 20.2 Å². The van der Waals surface area contributed by atoms with Crippen LogP contribution in [-0.4, -0.2) is 5.11 Å². The minimum absolute atomic E-state index is 0.379. The molecular formula is C31H56O. The quantitative estimate of drug-likeness (QED) is 0.166. The Hall–Kier alpha value is -0.980. The van der Waals surface area contributed by atoms with E-state index in [1.165, 1.54) is 140 Å². The van der Waals surface area contributed by atoms with E-state index in [2.05, 4.69) is 26.0 Å². The molecule has 0 unspecified atom stereocenters. The van der Waals surface area contributed by atoms with Gasteiger partial charge < -0.3 is 5.11 Å². The molecule has 0 atom stereocenters. The molecule has 1 heteroatoms. The molecule has 0 aliphatic rings. The van der Waals surface area contributed by atoms with Gasteiger partial charge in [-0.1, -0.05) is 154 Å². The van der Waals surface area contributed by atoms with Crippen molar-refractivity contribution < 1.29 is 5.11 Å². The molecule has 0 aliphatic heterocycles. The fourth-order valence-electron chi connectivity index (χ4n) is 4.99. The van der Waals surface area contributed by atoms with Crippen LogP contribution < -0.4 is 0 Å². The second-order valence-electron chi connectivity index (χ2n) is 10.3. The van der Waals surface area contributed by atoms with Gasteiger partial charge in [-0.05, 0) is 36.5 Å². The fraction of sp³-hybridized carbons (Fsp3) is 0.806. The van der Waals surface area contributed by atoms with Crippen LogP contribution in [0.15, 0.2) is 24.3 Å². The highest BCUT2D eigenvalue weighted by Gasteiger charge is 2.09. The molecule has 0 heterocycles. The molecule has 0 aliphatic carbocycles. The fourth-order valence-corrected chi connectivity index (χ4v) is 4.99. The molecule has 1 nitrogen and oxygen atoms in total. The SMILES string of the molecule is CCCCCCCCCCC(CCCCCCCCCC)CCCCc1ccc(O)cc1. The Morgan fingerprint density at radius 3 is 1.31 bits per heavy atom. The number of aromatic hydroxyl groups is 1. The van der Waals surface area contributed by atoms with Crippen LogP contribution in [0.3, 0.4) is 0 Å². The maximum atomic E-state index is 9.45. The third-order valence-corrected chi connectivity index (χ3v) is 7.20. The van der Waals surface area contributed by atoms with E-state index >= 15 is 0 Å². The van der Waals surface area contributed by atoms with E-state index in [4.69, 9.17) is 0 Å². The molecule has 0 aromatic heterocycles. The van der Waals surface area contributed by atoms with E-state index in [1.54, 1.807) is 0 Å². The summed E-state index contributed by atoms with van der Waals surface area (Å²) in [6, 6.07) is 7.80. The average molecular weight is 445 g/mol.